The van der Waals surface area contributed by atoms with Crippen molar-refractivity contribution in [2.45, 2.75) is 25.8 Å². The van der Waals surface area contributed by atoms with Crippen LogP contribution in [0.25, 0.3) is 0 Å². The number of carbonyl (C=O) groups is 1. The predicted molar refractivity (Wildman–Crippen MR) is 48.4 cm³/mol. The van der Waals surface area contributed by atoms with Crippen molar-refractivity contribution >= 4 is 5.91 Å². The first kappa shape index (κ1) is 8.29. The lowest BCUT2D eigenvalue weighted by molar-refractivity contribution is 0.0945. The lowest BCUT2D eigenvalue weighted by Crippen LogP contribution is -2.25. The second-order valence-electron chi connectivity index (χ2n) is 3.54. The van der Waals surface area contributed by atoms with Gasteiger partial charge in [-0.2, -0.15) is 5.10 Å². The van der Waals surface area contributed by atoms with Crippen LogP contribution in [0.4, 0.5) is 0 Å². The number of aryl methyl sites for hydroxylation is 2. The Labute approximate surface area is 76.9 Å². The molecule has 0 aliphatic heterocycles. The highest BCUT2D eigenvalue weighted by Gasteiger charge is 2.24. The molecule has 1 heterocycles. The minimum Gasteiger partial charge on any atom is -0.348 e. The first-order chi connectivity index (χ1) is 6.16. The Hall–Kier alpha value is -1.32. The molecule has 0 aromatic carbocycles. The summed E-state index contributed by atoms with van der Waals surface area (Å²) in [5, 5.41) is 6.99. The number of carbonyl (C=O) groups excluding carboxylic acids is 1. The van der Waals surface area contributed by atoms with E-state index < -0.39 is 0 Å². The molecule has 0 bridgehead atoms. The Balaban J connectivity index is 2.09. The van der Waals surface area contributed by atoms with Crippen LogP contribution in [0.2, 0.25) is 0 Å². The lowest BCUT2D eigenvalue weighted by atomic mass is 10.3. The van der Waals surface area contributed by atoms with Gasteiger partial charge in [-0.15, -0.1) is 0 Å². The van der Waals surface area contributed by atoms with Gasteiger partial charge in [0.15, 0.2) is 0 Å². The first-order valence-corrected chi connectivity index (χ1v) is 4.48. The van der Waals surface area contributed by atoms with Crippen LogP contribution in [0, 0.1) is 6.92 Å². The van der Waals surface area contributed by atoms with Crippen LogP contribution in [0.5, 0.6) is 0 Å². The predicted octanol–water partition coefficient (Wildman–Crippen LogP) is 0.621. The summed E-state index contributed by atoms with van der Waals surface area (Å²) in [5.41, 5.74) is 1.52. The van der Waals surface area contributed by atoms with Crippen molar-refractivity contribution in [2.75, 3.05) is 0 Å². The molecular formula is C9H13N3O. The fourth-order valence-electron chi connectivity index (χ4n) is 1.16. The van der Waals surface area contributed by atoms with Gasteiger partial charge in [-0.3, -0.25) is 9.48 Å². The van der Waals surface area contributed by atoms with Gasteiger partial charge in [-0.05, 0) is 25.8 Å². The summed E-state index contributed by atoms with van der Waals surface area (Å²) in [6.45, 7) is 1.93. The van der Waals surface area contributed by atoms with E-state index in [4.69, 9.17) is 0 Å². The second kappa shape index (κ2) is 2.87. The molecule has 13 heavy (non-hydrogen) atoms. The summed E-state index contributed by atoms with van der Waals surface area (Å²) in [6, 6.07) is 2.20. The number of rotatable bonds is 2. The van der Waals surface area contributed by atoms with Crippen molar-refractivity contribution < 1.29 is 4.79 Å². The molecule has 1 aliphatic carbocycles. The summed E-state index contributed by atoms with van der Waals surface area (Å²) in [6.07, 6.45) is 2.22. The van der Waals surface area contributed by atoms with Crippen LogP contribution in [0.15, 0.2) is 6.07 Å². The zero-order valence-electron chi connectivity index (χ0n) is 7.87. The van der Waals surface area contributed by atoms with E-state index in [2.05, 4.69) is 10.4 Å². The normalized spacial score (nSPS) is 15.8. The Bertz CT molecular complexity index is 319. The molecule has 0 unspecified atom stereocenters. The monoisotopic (exact) mass is 179 g/mol. The van der Waals surface area contributed by atoms with Gasteiger partial charge < -0.3 is 5.32 Å². The molecule has 0 radical (unpaired) electrons. The van der Waals surface area contributed by atoms with Gasteiger partial charge >= 0.3 is 0 Å². The SMILES string of the molecule is Cc1cc(C(=O)NC2CC2)nn1C. The molecule has 0 atom stereocenters. The first-order valence-electron chi connectivity index (χ1n) is 4.48. The van der Waals surface area contributed by atoms with E-state index in [0.717, 1.165) is 18.5 Å². The van der Waals surface area contributed by atoms with E-state index in [1.54, 1.807) is 10.7 Å². The van der Waals surface area contributed by atoms with Crippen molar-refractivity contribution in [2.24, 2.45) is 7.05 Å². The maximum Gasteiger partial charge on any atom is 0.272 e. The van der Waals surface area contributed by atoms with E-state index in [1.807, 2.05) is 14.0 Å². The minimum atomic E-state index is -0.0498. The van der Waals surface area contributed by atoms with Crippen LogP contribution in [-0.4, -0.2) is 21.7 Å². The Morgan fingerprint density at radius 2 is 2.38 bits per heavy atom. The molecule has 2 rings (SSSR count). The highest BCUT2D eigenvalue weighted by molar-refractivity contribution is 5.92. The van der Waals surface area contributed by atoms with Crippen molar-refractivity contribution in [3.63, 3.8) is 0 Å². The number of nitrogens with zero attached hydrogens (tertiary/aromatic N) is 2. The van der Waals surface area contributed by atoms with Gasteiger partial charge in [0.1, 0.15) is 5.69 Å². The Kier molecular flexibility index (Phi) is 1.83. The summed E-state index contributed by atoms with van der Waals surface area (Å²) < 4.78 is 1.71. The molecule has 1 aliphatic rings. The fraction of sp³-hybridized carbons (Fsp3) is 0.556. The minimum absolute atomic E-state index is 0.0498. The molecule has 0 spiro atoms. The third-order valence-corrected chi connectivity index (χ3v) is 2.26. The van der Waals surface area contributed by atoms with E-state index >= 15 is 0 Å². The van der Waals surface area contributed by atoms with Crippen LogP contribution < -0.4 is 5.32 Å². The highest BCUT2D eigenvalue weighted by Crippen LogP contribution is 2.19. The van der Waals surface area contributed by atoms with Crippen LogP contribution >= 0.6 is 0 Å². The topological polar surface area (TPSA) is 46.9 Å². The Morgan fingerprint density at radius 1 is 1.69 bits per heavy atom. The standard InChI is InChI=1S/C9H13N3O/c1-6-5-8(11-12(6)2)9(13)10-7-3-4-7/h5,7H,3-4H2,1-2H3,(H,10,13). The molecule has 1 fully saturated rings. The zero-order valence-corrected chi connectivity index (χ0v) is 7.87. The van der Waals surface area contributed by atoms with Gasteiger partial charge in [0.2, 0.25) is 0 Å². The third kappa shape index (κ3) is 1.71. The molecule has 1 aromatic heterocycles. The molecule has 1 amide bonds. The molecule has 70 valence electrons. The summed E-state index contributed by atoms with van der Waals surface area (Å²) in [4.78, 5) is 11.5. The average molecular weight is 179 g/mol. The zero-order chi connectivity index (χ0) is 9.42. The number of amides is 1. The molecule has 1 N–H and O–H groups in total. The number of aromatic nitrogens is 2. The largest absolute Gasteiger partial charge is 0.348 e. The van der Waals surface area contributed by atoms with Crippen molar-refractivity contribution in [1.82, 2.24) is 15.1 Å². The van der Waals surface area contributed by atoms with Crippen molar-refractivity contribution in [3.8, 4) is 0 Å². The van der Waals surface area contributed by atoms with E-state index in [0.29, 0.717) is 11.7 Å². The highest BCUT2D eigenvalue weighted by atomic mass is 16.2. The quantitative estimate of drug-likeness (QED) is 0.723. The second-order valence-corrected chi connectivity index (χ2v) is 3.54. The Morgan fingerprint density at radius 3 is 2.85 bits per heavy atom. The maximum atomic E-state index is 11.5. The van der Waals surface area contributed by atoms with Gasteiger partial charge in [0.25, 0.3) is 5.91 Å². The van der Waals surface area contributed by atoms with Gasteiger partial charge in [0.05, 0.1) is 0 Å². The van der Waals surface area contributed by atoms with Crippen LogP contribution in [0.1, 0.15) is 29.0 Å². The number of hydrogen-bond acceptors (Lipinski definition) is 2. The van der Waals surface area contributed by atoms with E-state index in [-0.39, 0.29) is 5.91 Å². The van der Waals surface area contributed by atoms with Gasteiger partial charge in [0, 0.05) is 18.8 Å². The molecule has 4 nitrogen and oxygen atoms in total. The summed E-state index contributed by atoms with van der Waals surface area (Å²) >= 11 is 0. The van der Waals surface area contributed by atoms with E-state index in [9.17, 15) is 4.79 Å². The lowest BCUT2D eigenvalue weighted by Gasteiger charge is -1.97. The number of hydrogen-bond donors (Lipinski definition) is 1. The van der Waals surface area contributed by atoms with Crippen molar-refractivity contribution in [3.05, 3.63) is 17.5 Å². The third-order valence-electron chi connectivity index (χ3n) is 2.26. The molecule has 1 aromatic rings. The molecule has 1 saturated carbocycles. The summed E-state index contributed by atoms with van der Waals surface area (Å²) in [7, 11) is 1.84. The van der Waals surface area contributed by atoms with Gasteiger partial charge in [-0.1, -0.05) is 0 Å². The maximum absolute atomic E-state index is 11.5. The van der Waals surface area contributed by atoms with Crippen molar-refractivity contribution in [1.29, 1.82) is 0 Å². The fourth-order valence-corrected chi connectivity index (χ4v) is 1.16. The molecule has 0 saturated heterocycles. The van der Waals surface area contributed by atoms with Crippen LogP contribution in [0.3, 0.4) is 0 Å². The van der Waals surface area contributed by atoms with Crippen LogP contribution in [-0.2, 0) is 7.05 Å². The molecular weight excluding hydrogens is 166 g/mol. The van der Waals surface area contributed by atoms with E-state index in [1.165, 1.54) is 0 Å². The smallest absolute Gasteiger partial charge is 0.272 e. The average Bonchev–Trinajstić information content (AvgIpc) is 2.81. The summed E-state index contributed by atoms with van der Waals surface area (Å²) in [5.74, 6) is -0.0498. The molecule has 4 heteroatoms. The number of nitrogens with one attached hydrogen (secondary N) is 1. The van der Waals surface area contributed by atoms with Gasteiger partial charge in [-0.25, -0.2) is 0 Å².